The smallest absolute Gasteiger partial charge is 0.280 e. The fourth-order valence-corrected chi connectivity index (χ4v) is 6.81. The van der Waals surface area contributed by atoms with Crippen LogP contribution in [-0.4, -0.2) is 77.3 Å². The van der Waals surface area contributed by atoms with Gasteiger partial charge in [0, 0.05) is 46.9 Å². The standard InChI is InChI=1S/C26H33ClN6O2S/c1-32(2)13-15-6-8-26(28,23(34)20-12-16-11-17(27)4-5-18(16)29-20)22(10-15)31-24(35)25-30-19-7-9-33(3)14-21(19)36-25/h4-5,11-12,15,22,29H,6-10,13-14,28H2,1-3H3,(H,31,35). The van der Waals surface area contributed by atoms with Crippen LogP contribution < -0.4 is 11.1 Å². The number of thiazole rings is 1. The number of H-pyrrole nitrogens is 1. The van der Waals surface area contributed by atoms with Crippen LogP contribution in [0.25, 0.3) is 10.9 Å². The lowest BCUT2D eigenvalue weighted by Crippen LogP contribution is -2.66. The maximum atomic E-state index is 13.9. The predicted octanol–water partition coefficient (Wildman–Crippen LogP) is 3.31. The van der Waals surface area contributed by atoms with E-state index in [1.807, 2.05) is 26.2 Å². The van der Waals surface area contributed by atoms with Crippen molar-refractivity contribution in [2.24, 2.45) is 11.7 Å². The number of nitrogens with zero attached hydrogens (tertiary/aromatic N) is 3. The average molecular weight is 529 g/mol. The van der Waals surface area contributed by atoms with Gasteiger partial charge in [0.15, 0.2) is 5.01 Å². The topological polar surface area (TPSA) is 107 Å². The van der Waals surface area contributed by atoms with E-state index in [0.717, 1.165) is 53.9 Å². The van der Waals surface area contributed by atoms with Gasteiger partial charge in [-0.3, -0.25) is 9.59 Å². The molecule has 4 N–H and O–H groups in total. The Kier molecular flexibility index (Phi) is 6.95. The van der Waals surface area contributed by atoms with E-state index in [-0.39, 0.29) is 11.7 Å². The van der Waals surface area contributed by atoms with Gasteiger partial charge in [0.1, 0.15) is 5.54 Å². The Balaban J connectivity index is 1.42. The number of likely N-dealkylation sites (N-methyl/N-ethyl adjacent to an activating group) is 1. The van der Waals surface area contributed by atoms with E-state index >= 15 is 0 Å². The van der Waals surface area contributed by atoms with Gasteiger partial charge in [-0.05, 0) is 70.6 Å². The van der Waals surface area contributed by atoms with Crippen molar-refractivity contribution in [1.29, 1.82) is 0 Å². The van der Waals surface area contributed by atoms with E-state index in [1.54, 1.807) is 12.1 Å². The lowest BCUT2D eigenvalue weighted by atomic mass is 9.70. The summed E-state index contributed by atoms with van der Waals surface area (Å²) in [5, 5.41) is 5.05. The van der Waals surface area contributed by atoms with E-state index in [2.05, 4.69) is 32.1 Å². The highest BCUT2D eigenvalue weighted by Crippen LogP contribution is 2.35. The minimum absolute atomic E-state index is 0.191. The number of aromatic amines is 1. The molecule has 0 radical (unpaired) electrons. The molecule has 0 saturated heterocycles. The molecule has 1 aromatic carbocycles. The van der Waals surface area contributed by atoms with E-state index in [9.17, 15) is 9.59 Å². The Bertz CT molecular complexity index is 1300. The number of halogens is 1. The summed E-state index contributed by atoms with van der Waals surface area (Å²) in [7, 11) is 6.15. The molecule has 1 saturated carbocycles. The van der Waals surface area contributed by atoms with Crippen LogP contribution >= 0.6 is 22.9 Å². The molecule has 10 heteroatoms. The van der Waals surface area contributed by atoms with Crippen molar-refractivity contribution in [3.63, 3.8) is 0 Å². The average Bonchev–Trinajstić information content (AvgIpc) is 3.44. The molecule has 5 rings (SSSR count). The summed E-state index contributed by atoms with van der Waals surface area (Å²) in [6, 6.07) is 6.76. The number of carbonyl (C=O) groups is 2. The molecule has 192 valence electrons. The van der Waals surface area contributed by atoms with Gasteiger partial charge in [0.05, 0.1) is 17.4 Å². The van der Waals surface area contributed by atoms with E-state index < -0.39 is 11.6 Å². The number of carbonyl (C=O) groups excluding carboxylic acids is 2. The molecular formula is C26H33ClN6O2S. The summed E-state index contributed by atoms with van der Waals surface area (Å²) in [6.07, 6.45) is 2.78. The van der Waals surface area contributed by atoms with Crippen LogP contribution in [0.1, 0.15) is 50.1 Å². The zero-order valence-electron chi connectivity index (χ0n) is 20.9. The molecule has 1 aliphatic heterocycles. The SMILES string of the molecule is CN(C)CC1CCC(N)(C(=O)c2cc3cc(Cl)ccc3[nH]2)C(NC(=O)c2nc3c(s2)CN(C)CC3)C1. The fraction of sp³-hybridized carbons (Fsp3) is 0.500. The van der Waals surface area contributed by atoms with Crippen molar-refractivity contribution in [3.8, 4) is 0 Å². The van der Waals surface area contributed by atoms with Crippen molar-refractivity contribution in [2.75, 3.05) is 34.2 Å². The Morgan fingerprint density at radius 2 is 2.17 bits per heavy atom. The maximum absolute atomic E-state index is 13.9. The molecule has 36 heavy (non-hydrogen) atoms. The highest BCUT2D eigenvalue weighted by Gasteiger charge is 2.48. The summed E-state index contributed by atoms with van der Waals surface area (Å²) in [4.78, 5) is 40.6. The first-order chi connectivity index (χ1) is 17.1. The Morgan fingerprint density at radius 1 is 1.36 bits per heavy atom. The molecule has 3 aromatic rings. The summed E-state index contributed by atoms with van der Waals surface area (Å²) >= 11 is 7.58. The van der Waals surface area contributed by atoms with Crippen molar-refractivity contribution in [1.82, 2.24) is 25.1 Å². The van der Waals surface area contributed by atoms with Gasteiger partial charge in [-0.1, -0.05) is 11.6 Å². The Morgan fingerprint density at radius 3 is 2.94 bits per heavy atom. The number of Topliss-reactive ketones (excluding diaryl/α,β-unsaturated/α-hetero) is 1. The van der Waals surface area contributed by atoms with Gasteiger partial charge >= 0.3 is 0 Å². The molecule has 1 fully saturated rings. The maximum Gasteiger partial charge on any atom is 0.280 e. The first-order valence-corrected chi connectivity index (χ1v) is 13.6. The molecule has 3 atom stereocenters. The van der Waals surface area contributed by atoms with Gasteiger partial charge in [0.25, 0.3) is 5.91 Å². The minimum atomic E-state index is -1.22. The summed E-state index contributed by atoms with van der Waals surface area (Å²) in [5.74, 6) is -0.114. The second kappa shape index (κ2) is 9.87. The molecule has 1 aliphatic carbocycles. The number of aromatic nitrogens is 2. The van der Waals surface area contributed by atoms with Crippen LogP contribution in [0.15, 0.2) is 24.3 Å². The molecule has 2 aromatic heterocycles. The Labute approximate surface area is 220 Å². The number of fused-ring (bicyclic) bond motifs is 2. The third kappa shape index (κ3) is 4.95. The number of rotatable bonds is 6. The number of nitrogens with one attached hydrogen (secondary N) is 2. The van der Waals surface area contributed by atoms with Crippen LogP contribution in [-0.2, 0) is 13.0 Å². The normalized spacial score (nSPS) is 24.7. The van der Waals surface area contributed by atoms with Crippen LogP contribution in [0.4, 0.5) is 0 Å². The second-order valence-electron chi connectivity index (χ2n) is 10.6. The largest absolute Gasteiger partial charge is 0.352 e. The quantitative estimate of drug-likeness (QED) is 0.424. The van der Waals surface area contributed by atoms with Crippen LogP contribution in [0.5, 0.6) is 0 Å². The van der Waals surface area contributed by atoms with Crippen molar-refractivity contribution in [3.05, 3.63) is 50.6 Å². The lowest BCUT2D eigenvalue weighted by molar-refractivity contribution is 0.0697. The highest BCUT2D eigenvalue weighted by atomic mass is 35.5. The number of hydrogen-bond donors (Lipinski definition) is 3. The number of hydrogen-bond acceptors (Lipinski definition) is 7. The molecular weight excluding hydrogens is 496 g/mol. The predicted molar refractivity (Wildman–Crippen MR) is 144 cm³/mol. The van der Waals surface area contributed by atoms with Crippen LogP contribution in [0.3, 0.4) is 0 Å². The third-order valence-corrected chi connectivity index (χ3v) is 8.77. The number of nitrogens with two attached hydrogens (primary N) is 1. The first kappa shape index (κ1) is 25.4. The Hall–Kier alpha value is -2.30. The second-order valence-corrected chi connectivity index (χ2v) is 12.1. The third-order valence-electron chi connectivity index (χ3n) is 7.45. The van der Waals surface area contributed by atoms with Gasteiger partial charge in [-0.15, -0.1) is 11.3 Å². The number of ketones is 1. The van der Waals surface area contributed by atoms with Crippen LogP contribution in [0.2, 0.25) is 5.02 Å². The first-order valence-electron chi connectivity index (χ1n) is 12.4. The molecule has 3 unspecified atom stereocenters. The number of amides is 1. The molecule has 8 nitrogen and oxygen atoms in total. The molecule has 2 aliphatic rings. The van der Waals surface area contributed by atoms with Crippen LogP contribution in [0, 0.1) is 5.92 Å². The van der Waals surface area contributed by atoms with Gasteiger partial charge < -0.3 is 25.8 Å². The van der Waals surface area contributed by atoms with Crippen molar-refractivity contribution >= 4 is 45.5 Å². The fourth-order valence-electron chi connectivity index (χ4n) is 5.54. The van der Waals surface area contributed by atoms with Crippen molar-refractivity contribution < 1.29 is 9.59 Å². The zero-order chi connectivity index (χ0) is 25.6. The van der Waals surface area contributed by atoms with Crippen molar-refractivity contribution in [2.45, 2.75) is 43.8 Å². The lowest BCUT2D eigenvalue weighted by Gasteiger charge is -2.43. The molecule has 0 spiro atoms. The van der Waals surface area contributed by atoms with E-state index in [0.29, 0.717) is 34.5 Å². The van der Waals surface area contributed by atoms with Gasteiger partial charge in [0.2, 0.25) is 5.78 Å². The summed E-state index contributed by atoms with van der Waals surface area (Å²) < 4.78 is 0. The van der Waals surface area contributed by atoms with E-state index in [1.165, 1.54) is 11.3 Å². The number of benzene rings is 1. The highest BCUT2D eigenvalue weighted by molar-refractivity contribution is 7.13. The van der Waals surface area contributed by atoms with Gasteiger partial charge in [-0.2, -0.15) is 0 Å². The summed E-state index contributed by atoms with van der Waals surface area (Å²) in [6.45, 7) is 2.61. The zero-order valence-corrected chi connectivity index (χ0v) is 22.5. The van der Waals surface area contributed by atoms with Gasteiger partial charge in [-0.25, -0.2) is 4.98 Å². The van der Waals surface area contributed by atoms with E-state index in [4.69, 9.17) is 17.3 Å². The molecule has 1 amide bonds. The molecule has 3 heterocycles. The summed E-state index contributed by atoms with van der Waals surface area (Å²) in [5.41, 5.74) is 7.96. The molecule has 0 bridgehead atoms. The minimum Gasteiger partial charge on any atom is -0.352 e. The monoisotopic (exact) mass is 528 g/mol.